The van der Waals surface area contributed by atoms with E-state index in [-0.39, 0.29) is 79.9 Å². The fourth-order valence-corrected chi connectivity index (χ4v) is 8.81. The molecule has 12 nitrogen and oxygen atoms in total. The predicted molar refractivity (Wildman–Crippen MR) is 200 cm³/mol. The van der Waals surface area contributed by atoms with Crippen LogP contribution in [0, 0.1) is 17.5 Å². The van der Waals surface area contributed by atoms with Crippen LogP contribution in [0.1, 0.15) is 20.3 Å². The fraction of sp³-hybridized carbons (Fsp3) is 0.333. The van der Waals surface area contributed by atoms with Gasteiger partial charge in [-0.2, -0.15) is 0 Å². The first-order chi connectivity index (χ1) is 25.8. The highest BCUT2D eigenvalue weighted by atomic mass is 35.5. The van der Waals surface area contributed by atoms with E-state index in [9.17, 15) is 14.0 Å². The molecule has 4 atom stereocenters. The number of ether oxygens (including phenoxy) is 3. The number of nitrogens with zero attached hydrogens (tertiary/aromatic N) is 6. The van der Waals surface area contributed by atoms with Gasteiger partial charge < -0.3 is 39.5 Å². The maximum absolute atomic E-state index is 17.3. The molecule has 54 heavy (non-hydrogen) atoms. The summed E-state index contributed by atoms with van der Waals surface area (Å²) < 4.78 is 65.4. The molecule has 4 aromatic rings. The van der Waals surface area contributed by atoms with Crippen LogP contribution in [0.3, 0.4) is 0 Å². The van der Waals surface area contributed by atoms with Gasteiger partial charge in [-0.25, -0.2) is 27.9 Å². The zero-order valence-corrected chi connectivity index (χ0v) is 31.4. The van der Waals surface area contributed by atoms with Gasteiger partial charge in [0, 0.05) is 55.2 Å². The van der Waals surface area contributed by atoms with Gasteiger partial charge in [0.1, 0.15) is 34.7 Å². The number of hydrogen-bond acceptors (Lipinski definition) is 11. The van der Waals surface area contributed by atoms with E-state index >= 15 is 8.78 Å². The molecule has 0 aliphatic carbocycles. The van der Waals surface area contributed by atoms with Gasteiger partial charge in [0.25, 0.3) is 0 Å². The molecule has 4 aliphatic rings. The van der Waals surface area contributed by atoms with Gasteiger partial charge in [0.15, 0.2) is 16.5 Å². The Hall–Kier alpha value is -4.93. The number of pyridine rings is 1. The minimum atomic E-state index is -1.09. The molecular formula is C36H32Cl2F3N7O5S. The summed E-state index contributed by atoms with van der Waals surface area (Å²) in [7, 11) is 1.53. The first-order valence-corrected chi connectivity index (χ1v) is 18.5. The molecule has 1 fully saturated rings. The van der Waals surface area contributed by atoms with Gasteiger partial charge in [0.2, 0.25) is 11.8 Å². The monoisotopic (exact) mass is 801 g/mol. The van der Waals surface area contributed by atoms with Crippen LogP contribution < -0.4 is 20.3 Å². The third-order valence-electron chi connectivity index (χ3n) is 9.90. The lowest BCUT2D eigenvalue weighted by Gasteiger charge is -2.54. The number of carbonyl (C=O) groups excluding carboxylic acids is 2. The van der Waals surface area contributed by atoms with Crippen LogP contribution in [0.5, 0.6) is 5.88 Å². The summed E-state index contributed by atoms with van der Waals surface area (Å²) in [6.45, 7) is 7.83. The van der Waals surface area contributed by atoms with Crippen LogP contribution in [-0.4, -0.2) is 88.7 Å². The molecule has 0 saturated carbocycles. The largest absolute Gasteiger partial charge is 0.469 e. The van der Waals surface area contributed by atoms with E-state index in [1.54, 1.807) is 11.2 Å². The third kappa shape index (κ3) is 5.73. The maximum atomic E-state index is 17.3. The average Bonchev–Trinajstić information content (AvgIpc) is 3.79. The average molecular weight is 803 g/mol. The highest BCUT2D eigenvalue weighted by molar-refractivity contribution is 7.22. The number of amides is 2. The van der Waals surface area contributed by atoms with Crippen molar-refractivity contribution < 1.29 is 37.0 Å². The second-order valence-corrected chi connectivity index (χ2v) is 15.4. The first kappa shape index (κ1) is 36.1. The molecule has 1 unspecified atom stereocenters. The summed E-state index contributed by atoms with van der Waals surface area (Å²) >= 11 is 13.6. The zero-order chi connectivity index (χ0) is 38.3. The van der Waals surface area contributed by atoms with E-state index in [1.807, 2.05) is 17.9 Å². The Labute approximate surface area is 320 Å². The third-order valence-corrected chi connectivity index (χ3v) is 11.2. The normalized spacial score (nSPS) is 22.1. The van der Waals surface area contributed by atoms with E-state index < -0.39 is 41.3 Å². The van der Waals surface area contributed by atoms with Crippen molar-refractivity contribution >= 4 is 84.2 Å². The number of alkyl halides is 1. The maximum Gasteiger partial charge on any atom is 0.411 e. The smallest absolute Gasteiger partial charge is 0.411 e. The molecule has 18 heteroatoms. The van der Waals surface area contributed by atoms with Crippen LogP contribution in [0.25, 0.3) is 32.2 Å². The van der Waals surface area contributed by atoms with Gasteiger partial charge in [0.05, 0.1) is 52.0 Å². The van der Waals surface area contributed by atoms with E-state index in [1.165, 1.54) is 31.0 Å². The lowest BCUT2D eigenvalue weighted by atomic mass is 9.92. The fourth-order valence-electron chi connectivity index (χ4n) is 7.70. The highest BCUT2D eigenvalue weighted by Gasteiger charge is 2.49. The van der Waals surface area contributed by atoms with Crippen LogP contribution in [0.2, 0.25) is 5.02 Å². The molecule has 0 radical (unpaired) electrons. The molecule has 4 aliphatic heterocycles. The minimum absolute atomic E-state index is 0.0139. The van der Waals surface area contributed by atoms with Crippen molar-refractivity contribution in [3.8, 4) is 17.0 Å². The Kier molecular flexibility index (Phi) is 8.97. The number of nitrogens with two attached hydrogens (primary N) is 1. The number of likely N-dealkylation sites (N-methyl/N-ethyl adjacent to an activating group) is 1. The number of aromatic nitrogens is 2. The standard InChI is InChI=1S/C36H32Cl2F3N7O5S/c1-5-24(49)46-14-22-31(23-7-6-8-51-23)48-13-17(12-45(4)36(50)52-16(3)37)53-34-32(48)30(47(22)11-15(46)2)18-9-19(38)25(27(41)28(18)43-34)26-20(39)10-21(40)33-29(26)44-35(42)54-33/h5-6,8-10,15-17,22H,1,7,11-14H2,2-4H3,(H2,42,44)/t15-,16?,17-,22-/m1/s1. The number of rotatable bonds is 5. The molecular weight excluding hydrogens is 770 g/mol. The molecule has 2 aromatic heterocycles. The number of anilines is 3. The summed E-state index contributed by atoms with van der Waals surface area (Å²) in [6.07, 6.45) is 3.75. The van der Waals surface area contributed by atoms with Crippen molar-refractivity contribution in [3.63, 3.8) is 0 Å². The van der Waals surface area contributed by atoms with Crippen LogP contribution in [0.15, 0.2) is 48.6 Å². The van der Waals surface area contributed by atoms with E-state index in [2.05, 4.69) is 16.5 Å². The Morgan fingerprint density at radius 2 is 1.94 bits per heavy atom. The van der Waals surface area contributed by atoms with Gasteiger partial charge in [-0.05, 0) is 32.1 Å². The van der Waals surface area contributed by atoms with Crippen molar-refractivity contribution in [2.75, 3.05) is 48.8 Å². The van der Waals surface area contributed by atoms with Crippen molar-refractivity contribution in [1.29, 1.82) is 0 Å². The Morgan fingerprint density at radius 1 is 1.17 bits per heavy atom. The lowest BCUT2D eigenvalue weighted by molar-refractivity contribution is -0.128. The van der Waals surface area contributed by atoms with Crippen molar-refractivity contribution in [1.82, 2.24) is 19.8 Å². The first-order valence-electron chi connectivity index (χ1n) is 16.9. The van der Waals surface area contributed by atoms with Gasteiger partial charge in [-0.3, -0.25) is 4.79 Å². The van der Waals surface area contributed by atoms with Crippen LogP contribution in [0.4, 0.5) is 34.5 Å². The zero-order valence-electron chi connectivity index (χ0n) is 29.0. The number of hydrogen-bond donors (Lipinski definition) is 1. The quantitative estimate of drug-likeness (QED) is 0.165. The van der Waals surface area contributed by atoms with Crippen LogP contribution in [-0.2, 0) is 14.3 Å². The van der Waals surface area contributed by atoms with Crippen molar-refractivity contribution in [3.05, 3.63) is 71.1 Å². The van der Waals surface area contributed by atoms with Gasteiger partial charge >= 0.3 is 6.09 Å². The highest BCUT2D eigenvalue weighted by Crippen LogP contribution is 2.55. The number of carbonyl (C=O) groups is 2. The second kappa shape index (κ2) is 13.4. The molecule has 0 bridgehead atoms. The molecule has 1 saturated heterocycles. The summed E-state index contributed by atoms with van der Waals surface area (Å²) in [4.78, 5) is 41.9. The van der Waals surface area contributed by atoms with E-state index in [4.69, 9.17) is 48.1 Å². The molecule has 2 N–H and O–H groups in total. The number of fused-ring (bicyclic) bond motifs is 5. The number of piperazine rings is 1. The number of nitrogen functional groups attached to an aromatic ring is 1. The molecule has 2 aromatic carbocycles. The Morgan fingerprint density at radius 3 is 2.65 bits per heavy atom. The summed E-state index contributed by atoms with van der Waals surface area (Å²) in [5.41, 5.74) is 5.60. The van der Waals surface area contributed by atoms with Gasteiger partial charge in [-0.1, -0.05) is 41.1 Å². The summed E-state index contributed by atoms with van der Waals surface area (Å²) in [5, 5.41) is 0.0681. The topological polar surface area (TPSA) is 127 Å². The molecule has 2 amide bonds. The Balaban J connectivity index is 1.38. The molecule has 6 heterocycles. The lowest BCUT2D eigenvalue weighted by Crippen LogP contribution is -2.64. The summed E-state index contributed by atoms with van der Waals surface area (Å²) in [5.74, 6) is -2.59. The van der Waals surface area contributed by atoms with E-state index in [0.717, 1.165) is 17.0 Å². The number of allylic oxidation sites excluding steroid dienone is 1. The number of thiazole rings is 1. The van der Waals surface area contributed by atoms with Crippen molar-refractivity contribution in [2.45, 2.75) is 44.0 Å². The molecule has 8 rings (SSSR count). The predicted octanol–water partition coefficient (Wildman–Crippen LogP) is 7.14. The van der Waals surface area contributed by atoms with E-state index in [0.29, 0.717) is 36.2 Å². The molecule has 0 spiro atoms. The Bertz CT molecular complexity index is 2350. The van der Waals surface area contributed by atoms with Gasteiger partial charge in [-0.15, -0.1) is 0 Å². The second-order valence-electron chi connectivity index (χ2n) is 13.4. The van der Waals surface area contributed by atoms with Crippen molar-refractivity contribution in [2.24, 2.45) is 0 Å². The number of halogens is 5. The summed E-state index contributed by atoms with van der Waals surface area (Å²) in [6, 6.07) is 1.31. The SMILES string of the molecule is C=CC(=O)N1C[C@@H]2C(=C3CC=CO3)N3C[C@@H](CN(C)C(=O)OC(C)Cl)Oc4nc5c(F)c(-c6c(F)cc(F)c7sc(N)nc67)c(Cl)cc5c(c43)N2C[C@H]1C. The molecule has 282 valence electrons. The van der Waals surface area contributed by atoms with Crippen LogP contribution >= 0.6 is 34.5 Å². The number of benzene rings is 2. The minimum Gasteiger partial charge on any atom is -0.469 e.